The molecule has 2 aromatic rings. The Morgan fingerprint density at radius 1 is 1.23 bits per heavy atom. The van der Waals surface area contributed by atoms with E-state index in [0.717, 1.165) is 4.57 Å². The Morgan fingerprint density at radius 2 is 1.92 bits per heavy atom. The molecule has 9 heteroatoms. The molecule has 0 radical (unpaired) electrons. The van der Waals surface area contributed by atoms with E-state index in [1.165, 1.54) is 13.1 Å². The van der Waals surface area contributed by atoms with Gasteiger partial charge < -0.3 is 19.7 Å². The van der Waals surface area contributed by atoms with Crippen molar-refractivity contribution < 1.29 is 24.5 Å². The van der Waals surface area contributed by atoms with Gasteiger partial charge in [-0.3, -0.25) is 14.3 Å². The fraction of sp³-hybridized carbons (Fsp3) is 0.353. The summed E-state index contributed by atoms with van der Waals surface area (Å²) in [6.45, 7) is 1.19. The molecule has 26 heavy (non-hydrogen) atoms. The van der Waals surface area contributed by atoms with E-state index < -0.39 is 41.8 Å². The number of aromatic nitrogens is 2. The summed E-state index contributed by atoms with van der Waals surface area (Å²) in [7, 11) is 0. The number of esters is 1. The number of hydrogen-bond donors (Lipinski definition) is 3. The van der Waals surface area contributed by atoms with E-state index in [9.17, 15) is 24.6 Å². The number of carbonyl (C=O) groups is 1. The van der Waals surface area contributed by atoms with Crippen LogP contribution in [-0.4, -0.2) is 50.7 Å². The Kier molecular flexibility index (Phi) is 5.03. The second-order valence-corrected chi connectivity index (χ2v) is 5.99. The van der Waals surface area contributed by atoms with Crippen LogP contribution in [0.4, 0.5) is 0 Å². The number of carbonyl (C=O) groups excluding carboxylic acids is 1. The summed E-state index contributed by atoms with van der Waals surface area (Å²) in [4.78, 5) is 37.4. The molecule has 9 nitrogen and oxygen atoms in total. The average Bonchev–Trinajstić information content (AvgIpc) is 2.91. The molecule has 1 aromatic heterocycles. The van der Waals surface area contributed by atoms with E-state index in [1.54, 1.807) is 30.3 Å². The number of aliphatic hydroxyl groups excluding tert-OH is 2. The van der Waals surface area contributed by atoms with Gasteiger partial charge in [0.05, 0.1) is 5.56 Å². The normalized spacial score (nSPS) is 25.2. The minimum atomic E-state index is -1.43. The van der Waals surface area contributed by atoms with Gasteiger partial charge in [0.1, 0.15) is 24.9 Å². The van der Waals surface area contributed by atoms with Crippen molar-refractivity contribution in [1.29, 1.82) is 0 Å². The van der Waals surface area contributed by atoms with Crippen LogP contribution in [0.3, 0.4) is 0 Å². The van der Waals surface area contributed by atoms with E-state index in [0.29, 0.717) is 5.56 Å². The van der Waals surface area contributed by atoms with Gasteiger partial charge in [-0.15, -0.1) is 0 Å². The summed E-state index contributed by atoms with van der Waals surface area (Å²) < 4.78 is 11.6. The highest BCUT2D eigenvalue weighted by Gasteiger charge is 2.44. The van der Waals surface area contributed by atoms with E-state index >= 15 is 0 Å². The van der Waals surface area contributed by atoms with Gasteiger partial charge in [0, 0.05) is 11.8 Å². The zero-order valence-corrected chi connectivity index (χ0v) is 13.9. The first-order valence-electron chi connectivity index (χ1n) is 7.94. The third-order valence-corrected chi connectivity index (χ3v) is 4.15. The summed E-state index contributed by atoms with van der Waals surface area (Å²) in [5, 5.41) is 20.3. The van der Waals surface area contributed by atoms with Crippen LogP contribution < -0.4 is 11.2 Å². The quantitative estimate of drug-likeness (QED) is 0.614. The first kappa shape index (κ1) is 18.1. The van der Waals surface area contributed by atoms with Crippen molar-refractivity contribution in [3.05, 3.63) is 68.5 Å². The monoisotopic (exact) mass is 362 g/mol. The number of nitrogens with one attached hydrogen (secondary N) is 1. The van der Waals surface area contributed by atoms with Gasteiger partial charge >= 0.3 is 11.7 Å². The largest absolute Gasteiger partial charge is 0.459 e. The van der Waals surface area contributed by atoms with Gasteiger partial charge in [-0.2, -0.15) is 0 Å². The van der Waals surface area contributed by atoms with Crippen molar-refractivity contribution in [2.75, 3.05) is 6.61 Å². The summed E-state index contributed by atoms with van der Waals surface area (Å²) in [5.74, 6) is -0.601. The summed E-state index contributed by atoms with van der Waals surface area (Å²) in [6.07, 6.45) is -3.81. The minimum absolute atomic E-state index is 0.244. The molecular weight excluding hydrogens is 344 g/mol. The molecule has 3 N–H and O–H groups in total. The first-order chi connectivity index (χ1) is 12.4. The van der Waals surface area contributed by atoms with Gasteiger partial charge in [-0.1, -0.05) is 18.2 Å². The number of ether oxygens (including phenoxy) is 2. The molecule has 3 rings (SSSR count). The summed E-state index contributed by atoms with van der Waals surface area (Å²) in [5.41, 5.74) is -0.746. The highest BCUT2D eigenvalue weighted by Crippen LogP contribution is 2.28. The molecule has 1 aliphatic rings. The molecule has 1 fully saturated rings. The number of hydrogen-bond acceptors (Lipinski definition) is 7. The van der Waals surface area contributed by atoms with E-state index in [2.05, 4.69) is 4.98 Å². The molecule has 0 unspecified atom stereocenters. The Balaban J connectivity index is 1.72. The van der Waals surface area contributed by atoms with E-state index in [1.807, 2.05) is 0 Å². The van der Waals surface area contributed by atoms with Gasteiger partial charge in [0.15, 0.2) is 6.23 Å². The second kappa shape index (κ2) is 7.24. The number of aliphatic hydroxyl groups is 2. The van der Waals surface area contributed by atoms with Crippen LogP contribution in [0.1, 0.15) is 22.1 Å². The van der Waals surface area contributed by atoms with Crippen molar-refractivity contribution in [1.82, 2.24) is 9.55 Å². The maximum Gasteiger partial charge on any atom is 0.338 e. The predicted octanol–water partition coefficient (Wildman–Crippen LogP) is -0.679. The molecule has 0 spiro atoms. The molecule has 0 amide bonds. The molecular formula is C17H18N2O7. The Hall–Kier alpha value is -2.75. The number of aryl methyl sites for hydroxylation is 1. The van der Waals surface area contributed by atoms with Gasteiger partial charge in [-0.05, 0) is 19.1 Å². The van der Waals surface area contributed by atoms with Gasteiger partial charge in [0.25, 0.3) is 5.56 Å². The van der Waals surface area contributed by atoms with Crippen LogP contribution in [-0.2, 0) is 9.47 Å². The van der Waals surface area contributed by atoms with Crippen LogP contribution in [0.15, 0.2) is 46.1 Å². The Morgan fingerprint density at radius 3 is 2.62 bits per heavy atom. The summed E-state index contributed by atoms with van der Waals surface area (Å²) >= 11 is 0. The fourth-order valence-electron chi connectivity index (χ4n) is 2.69. The molecule has 1 aromatic carbocycles. The number of benzene rings is 1. The molecule has 138 valence electrons. The van der Waals surface area contributed by atoms with Gasteiger partial charge in [0.2, 0.25) is 0 Å². The Labute approximate surface area is 147 Å². The zero-order chi connectivity index (χ0) is 18.8. The minimum Gasteiger partial charge on any atom is -0.459 e. The van der Waals surface area contributed by atoms with Crippen LogP contribution in [0, 0.1) is 6.92 Å². The van der Waals surface area contributed by atoms with Gasteiger partial charge in [-0.25, -0.2) is 9.59 Å². The van der Waals surface area contributed by atoms with Crippen molar-refractivity contribution >= 4 is 5.97 Å². The van der Waals surface area contributed by atoms with Crippen molar-refractivity contribution in [2.45, 2.75) is 31.5 Å². The average molecular weight is 362 g/mol. The molecule has 1 saturated heterocycles. The van der Waals surface area contributed by atoms with Crippen LogP contribution >= 0.6 is 0 Å². The maximum absolute atomic E-state index is 12.0. The Bertz CT molecular complexity index is 905. The summed E-state index contributed by atoms with van der Waals surface area (Å²) in [6, 6.07) is 8.28. The van der Waals surface area contributed by atoms with Crippen LogP contribution in [0.5, 0.6) is 0 Å². The highest BCUT2D eigenvalue weighted by molar-refractivity contribution is 5.89. The lowest BCUT2D eigenvalue weighted by Gasteiger charge is -2.17. The lowest BCUT2D eigenvalue weighted by Crippen LogP contribution is -2.38. The van der Waals surface area contributed by atoms with Crippen molar-refractivity contribution in [2.24, 2.45) is 0 Å². The van der Waals surface area contributed by atoms with E-state index in [-0.39, 0.29) is 12.2 Å². The van der Waals surface area contributed by atoms with Crippen LogP contribution in [0.2, 0.25) is 0 Å². The topological polar surface area (TPSA) is 131 Å². The third-order valence-electron chi connectivity index (χ3n) is 4.15. The number of rotatable bonds is 4. The highest BCUT2D eigenvalue weighted by atomic mass is 16.6. The smallest absolute Gasteiger partial charge is 0.338 e. The molecule has 1 aliphatic heterocycles. The standard InChI is InChI=1S/C17H18N2O7/c1-9-7-19(17(24)18-14(9)22)15-13(21)12(20)11(26-15)8-25-16(23)10-5-3-2-4-6-10/h2-7,11-13,15,20-21H,8H2,1H3,(H,18,22,24)/t11-,12+,13-,15-/m0/s1. The number of nitrogens with zero attached hydrogens (tertiary/aromatic N) is 1. The maximum atomic E-state index is 12.0. The zero-order valence-electron chi connectivity index (χ0n) is 13.9. The lowest BCUT2D eigenvalue weighted by atomic mass is 10.1. The fourth-order valence-corrected chi connectivity index (χ4v) is 2.69. The molecule has 2 heterocycles. The molecule has 4 atom stereocenters. The molecule has 0 bridgehead atoms. The number of H-pyrrole nitrogens is 1. The van der Waals surface area contributed by atoms with Crippen molar-refractivity contribution in [3.63, 3.8) is 0 Å². The number of aromatic amines is 1. The van der Waals surface area contributed by atoms with E-state index in [4.69, 9.17) is 9.47 Å². The van der Waals surface area contributed by atoms with Crippen molar-refractivity contribution in [3.8, 4) is 0 Å². The molecule has 0 aliphatic carbocycles. The molecule has 0 saturated carbocycles. The first-order valence-corrected chi connectivity index (χ1v) is 7.94. The third kappa shape index (κ3) is 3.45. The predicted molar refractivity (Wildman–Crippen MR) is 88.7 cm³/mol. The SMILES string of the molecule is Cc1cn([C@H]2O[C@@H](COC(=O)c3ccccc3)[C@@H](O)[C@@H]2O)c(=O)[nH]c1=O. The second-order valence-electron chi connectivity index (χ2n) is 5.99. The van der Waals surface area contributed by atoms with Crippen LogP contribution in [0.25, 0.3) is 0 Å². The lowest BCUT2D eigenvalue weighted by molar-refractivity contribution is -0.0599.